The van der Waals surface area contributed by atoms with E-state index in [0.29, 0.717) is 13.2 Å². The number of carbonyl (C=O) groups excluding carboxylic acids is 1. The minimum atomic E-state index is -1.38. The molecule has 16 heavy (non-hydrogen) atoms. The average Bonchev–Trinajstić information content (AvgIpc) is 2.24. The van der Waals surface area contributed by atoms with E-state index in [1.165, 1.54) is 0 Å². The van der Waals surface area contributed by atoms with Gasteiger partial charge in [-0.15, -0.1) is 0 Å². The Morgan fingerprint density at radius 3 is 2.44 bits per heavy atom. The first-order valence-corrected chi connectivity index (χ1v) is 8.92. The highest BCUT2D eigenvalue weighted by atomic mass is 28.3. The summed E-state index contributed by atoms with van der Waals surface area (Å²) in [7, 11) is -1.38. The average molecular weight is 237 g/mol. The van der Waals surface area contributed by atoms with Gasteiger partial charge in [-0.3, -0.25) is 4.79 Å². The van der Waals surface area contributed by atoms with Crippen molar-refractivity contribution in [3.05, 3.63) is 35.9 Å². The maximum atomic E-state index is 11.4. The van der Waals surface area contributed by atoms with E-state index >= 15 is 0 Å². The standard InChI is InChI=1S/C12H19NO2Si/c1-16(2,3)13-9-12(14)15-10-11-7-5-4-6-8-11/h4-8,13H,9-10H2,1-3H3. The third-order valence-electron chi connectivity index (χ3n) is 2.01. The lowest BCUT2D eigenvalue weighted by Crippen LogP contribution is -2.44. The zero-order valence-corrected chi connectivity index (χ0v) is 11.1. The van der Waals surface area contributed by atoms with Gasteiger partial charge in [-0.1, -0.05) is 50.0 Å². The van der Waals surface area contributed by atoms with Crippen LogP contribution >= 0.6 is 0 Å². The van der Waals surface area contributed by atoms with E-state index in [9.17, 15) is 4.79 Å². The zero-order valence-electron chi connectivity index (χ0n) is 10.1. The van der Waals surface area contributed by atoms with E-state index in [2.05, 4.69) is 24.6 Å². The van der Waals surface area contributed by atoms with Crippen molar-refractivity contribution in [2.75, 3.05) is 6.54 Å². The molecule has 4 heteroatoms. The van der Waals surface area contributed by atoms with Gasteiger partial charge >= 0.3 is 5.97 Å². The van der Waals surface area contributed by atoms with Crippen LogP contribution in [0.5, 0.6) is 0 Å². The Bertz CT molecular complexity index is 333. The number of nitrogens with one attached hydrogen (secondary N) is 1. The van der Waals surface area contributed by atoms with Gasteiger partial charge in [-0.2, -0.15) is 0 Å². The molecule has 88 valence electrons. The molecule has 1 N–H and O–H groups in total. The molecule has 0 aliphatic heterocycles. The summed E-state index contributed by atoms with van der Waals surface area (Å²) in [5, 5.41) is 0. The highest BCUT2D eigenvalue weighted by Gasteiger charge is 2.14. The molecule has 1 aromatic carbocycles. The number of hydrogen-bond donors (Lipinski definition) is 1. The Morgan fingerprint density at radius 1 is 1.25 bits per heavy atom. The molecule has 1 rings (SSSR count). The topological polar surface area (TPSA) is 38.3 Å². The summed E-state index contributed by atoms with van der Waals surface area (Å²) in [5.41, 5.74) is 1.02. The molecule has 0 bridgehead atoms. The second-order valence-electron chi connectivity index (χ2n) is 4.75. The molecule has 0 saturated carbocycles. The molecule has 0 heterocycles. The van der Waals surface area contributed by atoms with Crippen molar-refractivity contribution in [3.63, 3.8) is 0 Å². The van der Waals surface area contributed by atoms with Crippen molar-refractivity contribution < 1.29 is 9.53 Å². The van der Waals surface area contributed by atoms with Crippen LogP contribution < -0.4 is 4.98 Å². The number of rotatable bonds is 5. The zero-order chi connectivity index (χ0) is 12.0. The Hall–Kier alpha value is -1.13. The van der Waals surface area contributed by atoms with Gasteiger partial charge in [0, 0.05) is 0 Å². The minimum Gasteiger partial charge on any atom is -0.460 e. The first-order valence-electron chi connectivity index (χ1n) is 5.42. The third kappa shape index (κ3) is 5.68. The SMILES string of the molecule is C[Si](C)(C)NCC(=O)OCc1ccccc1. The number of hydrogen-bond acceptors (Lipinski definition) is 3. The summed E-state index contributed by atoms with van der Waals surface area (Å²) in [6.45, 7) is 7.11. The highest BCUT2D eigenvalue weighted by Crippen LogP contribution is 2.00. The van der Waals surface area contributed by atoms with Crippen LogP contribution in [0.25, 0.3) is 0 Å². The lowest BCUT2D eigenvalue weighted by molar-refractivity contribution is -0.143. The molecule has 3 nitrogen and oxygen atoms in total. The number of benzene rings is 1. The van der Waals surface area contributed by atoms with Crippen molar-refractivity contribution in [1.29, 1.82) is 0 Å². The summed E-state index contributed by atoms with van der Waals surface area (Å²) in [5.74, 6) is -0.189. The van der Waals surface area contributed by atoms with Crippen molar-refractivity contribution in [2.45, 2.75) is 26.2 Å². The van der Waals surface area contributed by atoms with Crippen LogP contribution in [0.2, 0.25) is 19.6 Å². The van der Waals surface area contributed by atoms with Crippen molar-refractivity contribution in [1.82, 2.24) is 4.98 Å². The number of carbonyl (C=O) groups is 1. The van der Waals surface area contributed by atoms with Crippen LogP contribution in [0.1, 0.15) is 5.56 Å². The monoisotopic (exact) mass is 237 g/mol. The van der Waals surface area contributed by atoms with Crippen LogP contribution in [-0.2, 0) is 16.1 Å². The van der Waals surface area contributed by atoms with Crippen LogP contribution in [0, 0.1) is 0 Å². The maximum absolute atomic E-state index is 11.4. The van der Waals surface area contributed by atoms with Crippen LogP contribution in [0.15, 0.2) is 30.3 Å². The van der Waals surface area contributed by atoms with Crippen molar-refractivity contribution in [2.24, 2.45) is 0 Å². The lowest BCUT2D eigenvalue weighted by Gasteiger charge is -2.17. The van der Waals surface area contributed by atoms with Gasteiger partial charge in [0.05, 0.1) is 6.54 Å². The highest BCUT2D eigenvalue weighted by molar-refractivity contribution is 6.73. The number of ether oxygens (including phenoxy) is 1. The Balaban J connectivity index is 2.26. The van der Waals surface area contributed by atoms with E-state index in [0.717, 1.165) is 5.56 Å². The molecule has 0 aliphatic carbocycles. The molecule has 0 atom stereocenters. The fourth-order valence-corrected chi connectivity index (χ4v) is 1.80. The second kappa shape index (κ2) is 5.82. The molecule has 0 fully saturated rings. The fourth-order valence-electron chi connectivity index (χ4n) is 1.13. The van der Waals surface area contributed by atoms with Crippen LogP contribution in [0.3, 0.4) is 0 Å². The van der Waals surface area contributed by atoms with Crippen LogP contribution in [-0.4, -0.2) is 20.7 Å². The molecule has 0 unspecified atom stereocenters. The summed E-state index contributed by atoms with van der Waals surface area (Å²) >= 11 is 0. The van der Waals surface area contributed by atoms with E-state index < -0.39 is 8.24 Å². The largest absolute Gasteiger partial charge is 0.460 e. The van der Waals surface area contributed by atoms with Gasteiger partial charge in [-0.25, -0.2) is 0 Å². The Morgan fingerprint density at radius 2 is 1.88 bits per heavy atom. The summed E-state index contributed by atoms with van der Waals surface area (Å²) in [6, 6.07) is 9.70. The fraction of sp³-hybridized carbons (Fsp3) is 0.417. The predicted octanol–water partition coefficient (Wildman–Crippen LogP) is 2.15. The van der Waals surface area contributed by atoms with Crippen molar-refractivity contribution >= 4 is 14.2 Å². The van der Waals surface area contributed by atoms with Gasteiger partial charge in [0.1, 0.15) is 14.8 Å². The van der Waals surface area contributed by atoms with Crippen LogP contribution in [0.4, 0.5) is 0 Å². The molecular formula is C12H19NO2Si. The molecule has 1 aromatic rings. The normalized spacial score (nSPS) is 11.2. The quantitative estimate of drug-likeness (QED) is 0.630. The first kappa shape index (κ1) is 12.9. The van der Waals surface area contributed by atoms with Gasteiger partial charge in [0.2, 0.25) is 0 Å². The molecular weight excluding hydrogens is 218 g/mol. The van der Waals surface area contributed by atoms with Gasteiger partial charge in [0.25, 0.3) is 0 Å². The smallest absolute Gasteiger partial charge is 0.319 e. The Kier molecular flexibility index (Phi) is 4.70. The van der Waals surface area contributed by atoms with E-state index in [4.69, 9.17) is 4.74 Å². The summed E-state index contributed by atoms with van der Waals surface area (Å²) in [4.78, 5) is 14.6. The third-order valence-corrected chi connectivity index (χ3v) is 3.24. The first-order chi connectivity index (χ1) is 7.47. The molecule has 0 aromatic heterocycles. The van der Waals surface area contributed by atoms with Gasteiger partial charge in [-0.05, 0) is 5.56 Å². The van der Waals surface area contributed by atoms with E-state index in [-0.39, 0.29) is 5.97 Å². The molecule has 0 spiro atoms. The predicted molar refractivity (Wildman–Crippen MR) is 67.6 cm³/mol. The minimum absolute atomic E-state index is 0.189. The Labute approximate surface area is 97.9 Å². The molecule has 0 radical (unpaired) electrons. The summed E-state index contributed by atoms with van der Waals surface area (Å²) in [6.07, 6.45) is 0. The van der Waals surface area contributed by atoms with Gasteiger partial charge < -0.3 is 9.72 Å². The number of esters is 1. The maximum Gasteiger partial charge on any atom is 0.319 e. The summed E-state index contributed by atoms with van der Waals surface area (Å²) < 4.78 is 5.14. The molecule has 0 aliphatic rings. The van der Waals surface area contributed by atoms with Gasteiger partial charge in [0.15, 0.2) is 0 Å². The lowest BCUT2D eigenvalue weighted by atomic mass is 10.2. The van der Waals surface area contributed by atoms with E-state index in [1.54, 1.807) is 0 Å². The second-order valence-corrected chi connectivity index (χ2v) is 9.60. The molecule has 0 saturated heterocycles. The van der Waals surface area contributed by atoms with E-state index in [1.807, 2.05) is 30.3 Å². The molecule has 0 amide bonds. The van der Waals surface area contributed by atoms with Crippen molar-refractivity contribution in [3.8, 4) is 0 Å².